The standard InChI is InChI=1S/C18H25N3O3/c22-17(23)14-6-3-5-13(11-14)12-19-18(24)20-15-7-4-10-21-9-2-1-8-16(15)21/h3,5-6,11,15-16H,1-2,4,7-10,12H2,(H,22,23)(H2,19,20,24). The van der Waals surface area contributed by atoms with Crippen LogP contribution in [0.5, 0.6) is 0 Å². The van der Waals surface area contributed by atoms with Crippen molar-refractivity contribution in [2.24, 2.45) is 0 Å². The van der Waals surface area contributed by atoms with Crippen LogP contribution < -0.4 is 10.6 Å². The fraction of sp³-hybridized carbons (Fsp3) is 0.556. The van der Waals surface area contributed by atoms with Gasteiger partial charge in [0.15, 0.2) is 0 Å². The van der Waals surface area contributed by atoms with Gasteiger partial charge in [0.1, 0.15) is 0 Å². The topological polar surface area (TPSA) is 81.7 Å². The van der Waals surface area contributed by atoms with E-state index in [0.717, 1.165) is 37.9 Å². The first-order chi connectivity index (χ1) is 11.6. The lowest BCUT2D eigenvalue weighted by molar-refractivity contribution is 0.0696. The second kappa shape index (κ2) is 7.66. The smallest absolute Gasteiger partial charge is 0.335 e. The fourth-order valence-electron chi connectivity index (χ4n) is 3.84. The number of nitrogens with one attached hydrogen (secondary N) is 2. The number of amides is 2. The van der Waals surface area contributed by atoms with Crippen LogP contribution in [0.25, 0.3) is 0 Å². The van der Waals surface area contributed by atoms with Crippen molar-refractivity contribution >= 4 is 12.0 Å². The molecule has 2 heterocycles. The van der Waals surface area contributed by atoms with Crippen molar-refractivity contribution in [1.82, 2.24) is 15.5 Å². The summed E-state index contributed by atoms with van der Waals surface area (Å²) in [6.45, 7) is 2.62. The lowest BCUT2D eigenvalue weighted by Crippen LogP contribution is -2.58. The minimum Gasteiger partial charge on any atom is -0.478 e. The molecule has 2 fully saturated rings. The van der Waals surface area contributed by atoms with E-state index < -0.39 is 5.97 Å². The van der Waals surface area contributed by atoms with Crippen molar-refractivity contribution < 1.29 is 14.7 Å². The molecule has 2 aliphatic rings. The van der Waals surface area contributed by atoms with Crippen LogP contribution in [0.3, 0.4) is 0 Å². The first-order valence-electron chi connectivity index (χ1n) is 8.74. The van der Waals surface area contributed by atoms with Crippen LogP contribution in [-0.4, -0.2) is 47.2 Å². The Balaban J connectivity index is 1.52. The molecule has 1 aromatic carbocycles. The number of piperidine rings is 2. The molecule has 24 heavy (non-hydrogen) atoms. The van der Waals surface area contributed by atoms with Gasteiger partial charge in [-0.3, -0.25) is 4.90 Å². The van der Waals surface area contributed by atoms with Crippen LogP contribution in [0.2, 0.25) is 0 Å². The summed E-state index contributed by atoms with van der Waals surface area (Å²) in [5.41, 5.74) is 1.02. The summed E-state index contributed by atoms with van der Waals surface area (Å²) in [5, 5.41) is 15.0. The average molecular weight is 331 g/mol. The van der Waals surface area contributed by atoms with Crippen LogP contribution in [-0.2, 0) is 6.54 Å². The Morgan fingerprint density at radius 2 is 2.00 bits per heavy atom. The number of carbonyl (C=O) groups excluding carboxylic acids is 1. The van der Waals surface area contributed by atoms with Gasteiger partial charge in [0.2, 0.25) is 0 Å². The number of aromatic carboxylic acids is 1. The highest BCUT2D eigenvalue weighted by Gasteiger charge is 2.33. The highest BCUT2D eigenvalue weighted by Crippen LogP contribution is 2.26. The van der Waals surface area contributed by atoms with Crippen molar-refractivity contribution in [2.45, 2.75) is 50.7 Å². The van der Waals surface area contributed by atoms with E-state index in [1.807, 2.05) is 6.07 Å². The van der Waals surface area contributed by atoms with Crippen molar-refractivity contribution in [1.29, 1.82) is 0 Å². The normalized spacial score (nSPS) is 24.0. The highest BCUT2D eigenvalue weighted by atomic mass is 16.4. The molecule has 1 aromatic rings. The lowest BCUT2D eigenvalue weighted by atomic mass is 9.89. The second-order valence-corrected chi connectivity index (χ2v) is 6.68. The van der Waals surface area contributed by atoms with Crippen LogP contribution in [0.15, 0.2) is 24.3 Å². The lowest BCUT2D eigenvalue weighted by Gasteiger charge is -2.44. The van der Waals surface area contributed by atoms with Gasteiger partial charge in [0, 0.05) is 18.6 Å². The number of nitrogens with zero attached hydrogens (tertiary/aromatic N) is 1. The van der Waals surface area contributed by atoms with Crippen LogP contribution in [0.4, 0.5) is 4.79 Å². The number of hydrogen-bond donors (Lipinski definition) is 3. The van der Waals surface area contributed by atoms with E-state index in [1.54, 1.807) is 18.2 Å². The molecule has 0 spiro atoms. The molecule has 2 saturated heterocycles. The second-order valence-electron chi connectivity index (χ2n) is 6.68. The molecular formula is C18H25N3O3. The van der Waals surface area contributed by atoms with E-state index in [1.165, 1.54) is 12.8 Å². The molecule has 6 nitrogen and oxygen atoms in total. The summed E-state index contributed by atoms with van der Waals surface area (Å²) in [7, 11) is 0. The molecule has 6 heteroatoms. The minimum atomic E-state index is -0.958. The molecule has 0 bridgehead atoms. The third-order valence-corrected chi connectivity index (χ3v) is 5.03. The molecule has 3 rings (SSSR count). The van der Waals surface area contributed by atoms with Crippen molar-refractivity contribution in [3.63, 3.8) is 0 Å². The Morgan fingerprint density at radius 1 is 1.17 bits per heavy atom. The van der Waals surface area contributed by atoms with Gasteiger partial charge < -0.3 is 15.7 Å². The van der Waals surface area contributed by atoms with E-state index >= 15 is 0 Å². The van der Waals surface area contributed by atoms with Gasteiger partial charge in [-0.25, -0.2) is 9.59 Å². The zero-order valence-electron chi connectivity index (χ0n) is 13.8. The first-order valence-corrected chi connectivity index (χ1v) is 8.74. The quantitative estimate of drug-likeness (QED) is 0.790. The number of fused-ring (bicyclic) bond motifs is 1. The summed E-state index contributed by atoms with van der Waals surface area (Å²) >= 11 is 0. The predicted octanol–water partition coefficient (Wildman–Crippen LogP) is 2.20. The van der Waals surface area contributed by atoms with Crippen molar-refractivity contribution in [3.8, 4) is 0 Å². The monoisotopic (exact) mass is 331 g/mol. The number of carboxylic acid groups (broad SMARTS) is 1. The molecule has 0 saturated carbocycles. The van der Waals surface area contributed by atoms with E-state index in [-0.39, 0.29) is 17.6 Å². The van der Waals surface area contributed by atoms with E-state index in [9.17, 15) is 9.59 Å². The van der Waals surface area contributed by atoms with E-state index in [2.05, 4.69) is 15.5 Å². The van der Waals surface area contributed by atoms with Gasteiger partial charge in [0.05, 0.1) is 5.56 Å². The molecule has 0 aliphatic carbocycles. The van der Waals surface area contributed by atoms with Gasteiger partial charge in [-0.05, 0) is 56.5 Å². The van der Waals surface area contributed by atoms with Gasteiger partial charge in [-0.1, -0.05) is 18.6 Å². The summed E-state index contributed by atoms with van der Waals surface area (Å²) < 4.78 is 0. The maximum atomic E-state index is 12.2. The molecule has 3 N–H and O–H groups in total. The molecule has 2 atom stereocenters. The number of urea groups is 1. The molecular weight excluding hydrogens is 306 g/mol. The average Bonchev–Trinajstić information content (AvgIpc) is 2.60. The fourth-order valence-corrected chi connectivity index (χ4v) is 3.84. The molecule has 2 unspecified atom stereocenters. The molecule has 2 amide bonds. The molecule has 2 aliphatic heterocycles. The Hall–Kier alpha value is -2.08. The van der Waals surface area contributed by atoms with Gasteiger partial charge in [-0.2, -0.15) is 0 Å². The maximum Gasteiger partial charge on any atom is 0.335 e. The van der Waals surface area contributed by atoms with Gasteiger partial charge in [-0.15, -0.1) is 0 Å². The Kier molecular flexibility index (Phi) is 5.35. The summed E-state index contributed by atoms with van der Waals surface area (Å²) in [4.78, 5) is 25.7. The summed E-state index contributed by atoms with van der Waals surface area (Å²) in [6, 6.07) is 7.15. The Bertz CT molecular complexity index is 603. The summed E-state index contributed by atoms with van der Waals surface area (Å²) in [6.07, 6.45) is 5.81. The third-order valence-electron chi connectivity index (χ3n) is 5.03. The minimum absolute atomic E-state index is 0.173. The van der Waals surface area contributed by atoms with Gasteiger partial charge in [0.25, 0.3) is 0 Å². The Morgan fingerprint density at radius 3 is 2.83 bits per heavy atom. The van der Waals surface area contributed by atoms with Crippen molar-refractivity contribution in [2.75, 3.05) is 13.1 Å². The van der Waals surface area contributed by atoms with Gasteiger partial charge >= 0.3 is 12.0 Å². The number of carbonyl (C=O) groups is 2. The zero-order chi connectivity index (χ0) is 16.9. The van der Waals surface area contributed by atoms with Crippen LogP contribution in [0, 0.1) is 0 Å². The van der Waals surface area contributed by atoms with Crippen LogP contribution >= 0.6 is 0 Å². The zero-order valence-corrected chi connectivity index (χ0v) is 13.8. The maximum absolute atomic E-state index is 12.2. The Labute approximate surface area is 142 Å². The number of hydrogen-bond acceptors (Lipinski definition) is 3. The van der Waals surface area contributed by atoms with Crippen molar-refractivity contribution in [3.05, 3.63) is 35.4 Å². The molecule has 0 radical (unpaired) electrons. The first kappa shape index (κ1) is 16.8. The SMILES string of the molecule is O=C(NCc1cccc(C(=O)O)c1)NC1CCCN2CCCCC12. The largest absolute Gasteiger partial charge is 0.478 e. The molecule has 130 valence electrons. The number of benzene rings is 1. The third kappa shape index (κ3) is 4.06. The summed E-state index contributed by atoms with van der Waals surface area (Å²) in [5.74, 6) is -0.958. The predicted molar refractivity (Wildman–Crippen MR) is 91.0 cm³/mol. The number of carboxylic acids is 1. The molecule has 0 aromatic heterocycles. The van der Waals surface area contributed by atoms with Crippen LogP contribution in [0.1, 0.15) is 48.0 Å². The van der Waals surface area contributed by atoms with E-state index in [0.29, 0.717) is 12.6 Å². The van der Waals surface area contributed by atoms with E-state index in [4.69, 9.17) is 5.11 Å². The number of rotatable bonds is 4. The highest BCUT2D eigenvalue weighted by molar-refractivity contribution is 5.87.